The van der Waals surface area contributed by atoms with E-state index in [1.807, 2.05) is 6.07 Å². The van der Waals surface area contributed by atoms with Crippen LogP contribution in [0.2, 0.25) is 0 Å². The van der Waals surface area contributed by atoms with Crippen LogP contribution in [-0.2, 0) is 0 Å². The van der Waals surface area contributed by atoms with Crippen molar-refractivity contribution in [3.8, 4) is 21.1 Å². The molecule has 2 aromatic heterocycles. The predicted molar refractivity (Wildman–Crippen MR) is 80.6 cm³/mol. The van der Waals surface area contributed by atoms with Crippen LogP contribution in [0, 0.1) is 5.82 Å². The summed E-state index contributed by atoms with van der Waals surface area (Å²) in [6.07, 6.45) is 3.29. The van der Waals surface area contributed by atoms with Crippen LogP contribution in [0.25, 0.3) is 21.1 Å². The van der Waals surface area contributed by atoms with Crippen LogP contribution >= 0.6 is 27.3 Å². The molecule has 2 N–H and O–H groups in total. The highest BCUT2D eigenvalue weighted by atomic mass is 79.9. The molecular weight excluding hydrogens is 343 g/mol. The zero-order valence-corrected chi connectivity index (χ0v) is 12.4. The number of nitrogens with zero attached hydrogens (tertiary/aromatic N) is 3. The average Bonchev–Trinajstić information content (AvgIpc) is 2.91. The van der Waals surface area contributed by atoms with Crippen molar-refractivity contribution in [2.24, 2.45) is 0 Å². The topological polar surface area (TPSA) is 64.7 Å². The second-order valence-corrected chi connectivity index (χ2v) is 5.85. The number of benzene rings is 1. The second-order valence-electron chi connectivity index (χ2n) is 3.96. The van der Waals surface area contributed by atoms with Crippen LogP contribution in [0.3, 0.4) is 0 Å². The minimum absolute atomic E-state index is 0.198. The maximum absolute atomic E-state index is 13.2. The van der Waals surface area contributed by atoms with Gasteiger partial charge in [0.1, 0.15) is 16.5 Å². The van der Waals surface area contributed by atoms with E-state index in [9.17, 15) is 4.39 Å². The van der Waals surface area contributed by atoms with Gasteiger partial charge in [0.05, 0.1) is 9.35 Å². The molecule has 0 aliphatic carbocycles. The Kier molecular flexibility index (Phi) is 3.45. The molecule has 0 spiro atoms. The van der Waals surface area contributed by atoms with Crippen molar-refractivity contribution in [3.05, 3.63) is 46.9 Å². The SMILES string of the molecule is Nc1ncc(Br)c(-c2cnc(-c3cccc(F)c3)s2)n1. The van der Waals surface area contributed by atoms with Crippen molar-refractivity contribution in [2.75, 3.05) is 5.73 Å². The molecule has 0 fully saturated rings. The Hall–Kier alpha value is -1.86. The summed E-state index contributed by atoms with van der Waals surface area (Å²) in [6.45, 7) is 0. The van der Waals surface area contributed by atoms with Crippen molar-refractivity contribution in [1.29, 1.82) is 0 Å². The van der Waals surface area contributed by atoms with Crippen molar-refractivity contribution in [3.63, 3.8) is 0 Å². The third-order valence-corrected chi connectivity index (χ3v) is 4.21. The van der Waals surface area contributed by atoms with Gasteiger partial charge in [-0.1, -0.05) is 12.1 Å². The van der Waals surface area contributed by atoms with Crippen molar-refractivity contribution >= 4 is 33.2 Å². The first-order valence-electron chi connectivity index (χ1n) is 5.63. The van der Waals surface area contributed by atoms with Crippen LogP contribution in [0.4, 0.5) is 10.3 Å². The van der Waals surface area contributed by atoms with Crippen LogP contribution in [0.15, 0.2) is 41.1 Å². The van der Waals surface area contributed by atoms with Crippen LogP contribution < -0.4 is 5.73 Å². The third-order valence-electron chi connectivity index (χ3n) is 2.57. The Morgan fingerprint density at radius 2 is 2.05 bits per heavy atom. The first-order chi connectivity index (χ1) is 9.63. The van der Waals surface area contributed by atoms with Crippen LogP contribution in [-0.4, -0.2) is 15.0 Å². The number of nitrogens with two attached hydrogens (primary N) is 1. The molecule has 4 nitrogen and oxygen atoms in total. The first kappa shape index (κ1) is 13.1. The Morgan fingerprint density at radius 3 is 2.85 bits per heavy atom. The molecule has 0 radical (unpaired) electrons. The third kappa shape index (κ3) is 2.54. The van der Waals surface area contributed by atoms with E-state index in [2.05, 4.69) is 30.9 Å². The number of nitrogen functional groups attached to an aromatic ring is 1. The van der Waals surface area contributed by atoms with Gasteiger partial charge in [0.15, 0.2) is 0 Å². The fraction of sp³-hybridized carbons (Fsp3) is 0. The molecule has 0 unspecified atom stereocenters. The van der Waals surface area contributed by atoms with E-state index in [0.29, 0.717) is 5.69 Å². The Labute approximate surface area is 126 Å². The molecule has 7 heteroatoms. The molecule has 0 aliphatic rings. The minimum Gasteiger partial charge on any atom is -0.368 e. The number of halogens is 2. The molecule has 0 saturated heterocycles. The van der Waals surface area contributed by atoms with Crippen LogP contribution in [0.5, 0.6) is 0 Å². The lowest BCUT2D eigenvalue weighted by atomic mass is 10.2. The largest absolute Gasteiger partial charge is 0.368 e. The van der Waals surface area contributed by atoms with Gasteiger partial charge in [-0.2, -0.15) is 0 Å². The molecule has 100 valence electrons. The van der Waals surface area contributed by atoms with Gasteiger partial charge in [0.25, 0.3) is 0 Å². The smallest absolute Gasteiger partial charge is 0.220 e. The lowest BCUT2D eigenvalue weighted by Gasteiger charge is -2.00. The molecule has 2 heterocycles. The lowest BCUT2D eigenvalue weighted by molar-refractivity contribution is 0.628. The monoisotopic (exact) mass is 350 g/mol. The van der Waals surface area contributed by atoms with Gasteiger partial charge in [0.2, 0.25) is 5.95 Å². The number of anilines is 1. The van der Waals surface area contributed by atoms with Crippen LogP contribution in [0.1, 0.15) is 0 Å². The van der Waals surface area contributed by atoms with E-state index in [4.69, 9.17) is 5.73 Å². The van der Waals surface area contributed by atoms with E-state index < -0.39 is 0 Å². The van der Waals surface area contributed by atoms with Gasteiger partial charge in [-0.3, -0.25) is 0 Å². The quantitative estimate of drug-likeness (QED) is 0.764. The normalized spacial score (nSPS) is 10.7. The molecule has 0 saturated carbocycles. The van der Waals surface area contributed by atoms with Gasteiger partial charge in [-0.25, -0.2) is 19.3 Å². The zero-order chi connectivity index (χ0) is 14.1. The number of rotatable bonds is 2. The first-order valence-corrected chi connectivity index (χ1v) is 7.24. The molecule has 3 rings (SSSR count). The molecule has 0 aliphatic heterocycles. The van der Waals surface area contributed by atoms with E-state index in [1.54, 1.807) is 18.5 Å². The highest BCUT2D eigenvalue weighted by Gasteiger charge is 2.12. The van der Waals surface area contributed by atoms with Gasteiger partial charge >= 0.3 is 0 Å². The number of hydrogen-bond donors (Lipinski definition) is 1. The van der Waals surface area contributed by atoms with Gasteiger partial charge < -0.3 is 5.73 Å². The van der Waals surface area contributed by atoms with E-state index in [1.165, 1.54) is 23.5 Å². The minimum atomic E-state index is -0.285. The molecule has 1 aromatic carbocycles. The summed E-state index contributed by atoms with van der Waals surface area (Å²) in [5.41, 5.74) is 7.01. The lowest BCUT2D eigenvalue weighted by Crippen LogP contribution is -1.95. The number of thiazole rings is 1. The van der Waals surface area contributed by atoms with Crippen molar-refractivity contribution in [2.45, 2.75) is 0 Å². The summed E-state index contributed by atoms with van der Waals surface area (Å²) in [6, 6.07) is 6.32. The predicted octanol–water partition coefficient (Wildman–Crippen LogP) is 3.75. The maximum Gasteiger partial charge on any atom is 0.220 e. The number of aromatic nitrogens is 3. The summed E-state index contributed by atoms with van der Waals surface area (Å²) in [5, 5.41) is 0.726. The average molecular weight is 351 g/mol. The molecule has 0 amide bonds. The summed E-state index contributed by atoms with van der Waals surface area (Å²) in [7, 11) is 0. The Bertz CT molecular complexity index is 775. The highest BCUT2D eigenvalue weighted by molar-refractivity contribution is 9.10. The van der Waals surface area contributed by atoms with Gasteiger partial charge in [-0.15, -0.1) is 11.3 Å². The summed E-state index contributed by atoms with van der Waals surface area (Å²) in [4.78, 5) is 13.2. The number of hydrogen-bond acceptors (Lipinski definition) is 5. The molecule has 0 atom stereocenters. The van der Waals surface area contributed by atoms with E-state index >= 15 is 0 Å². The fourth-order valence-corrected chi connectivity index (χ4v) is 3.14. The second kappa shape index (κ2) is 5.26. The fourth-order valence-electron chi connectivity index (χ4n) is 1.69. The molecule has 0 bridgehead atoms. The van der Waals surface area contributed by atoms with Crippen molar-refractivity contribution in [1.82, 2.24) is 15.0 Å². The van der Waals surface area contributed by atoms with Gasteiger partial charge in [0, 0.05) is 18.0 Å². The summed E-state index contributed by atoms with van der Waals surface area (Å²) < 4.78 is 14.0. The van der Waals surface area contributed by atoms with E-state index in [0.717, 1.165) is 19.9 Å². The maximum atomic E-state index is 13.2. The van der Waals surface area contributed by atoms with E-state index in [-0.39, 0.29) is 11.8 Å². The zero-order valence-electron chi connectivity index (χ0n) is 10.0. The van der Waals surface area contributed by atoms with Gasteiger partial charge in [-0.05, 0) is 28.1 Å². The Balaban J connectivity index is 2.04. The summed E-state index contributed by atoms with van der Waals surface area (Å²) in [5.74, 6) is -0.0874. The standard InChI is InChI=1S/C13H8BrFN4S/c14-9-5-18-13(16)19-11(9)10-6-17-12(20-10)7-2-1-3-8(15)4-7/h1-6H,(H2,16,18,19). The molecule has 3 aromatic rings. The Morgan fingerprint density at radius 1 is 1.20 bits per heavy atom. The highest BCUT2D eigenvalue weighted by Crippen LogP contribution is 2.34. The molecular formula is C13H8BrFN4S. The van der Waals surface area contributed by atoms with Crippen molar-refractivity contribution < 1.29 is 4.39 Å². The summed E-state index contributed by atoms with van der Waals surface area (Å²) >= 11 is 4.80. The molecule has 20 heavy (non-hydrogen) atoms.